The van der Waals surface area contributed by atoms with E-state index < -0.39 is 0 Å². The summed E-state index contributed by atoms with van der Waals surface area (Å²) in [5.74, 6) is 2.22. The van der Waals surface area contributed by atoms with Crippen LogP contribution in [0.3, 0.4) is 0 Å². The molecule has 0 spiro atoms. The molecule has 5 nitrogen and oxygen atoms in total. The van der Waals surface area contributed by atoms with Crippen LogP contribution >= 0.6 is 11.8 Å². The minimum atomic E-state index is -0.0323. The molecule has 28 heavy (non-hydrogen) atoms. The summed E-state index contributed by atoms with van der Waals surface area (Å²) in [6.45, 7) is 4.05. The van der Waals surface area contributed by atoms with Crippen molar-refractivity contribution in [3.63, 3.8) is 0 Å². The Hall–Kier alpha value is -2.60. The van der Waals surface area contributed by atoms with Crippen molar-refractivity contribution in [1.29, 1.82) is 0 Å². The number of amides is 1. The van der Waals surface area contributed by atoms with Crippen molar-refractivity contribution in [3.05, 3.63) is 71.0 Å². The topological polar surface area (TPSA) is 59.8 Å². The van der Waals surface area contributed by atoms with Crippen LogP contribution in [0.5, 0.6) is 0 Å². The van der Waals surface area contributed by atoms with Crippen molar-refractivity contribution in [2.24, 2.45) is 7.05 Å². The van der Waals surface area contributed by atoms with Gasteiger partial charge in [0.2, 0.25) is 5.91 Å². The Kier molecular flexibility index (Phi) is 5.22. The highest BCUT2D eigenvalue weighted by atomic mass is 32.2. The Morgan fingerprint density at radius 3 is 2.68 bits per heavy atom. The summed E-state index contributed by atoms with van der Waals surface area (Å²) in [4.78, 5) is 12.3. The Bertz CT molecular complexity index is 999. The lowest BCUT2D eigenvalue weighted by molar-refractivity contribution is -0.113. The number of aryl methyl sites for hydroxylation is 2. The van der Waals surface area contributed by atoms with E-state index in [-0.39, 0.29) is 5.91 Å². The number of hydrogen-bond donors (Lipinski definition) is 1. The number of rotatable bonds is 6. The zero-order chi connectivity index (χ0) is 19.7. The molecule has 1 heterocycles. The number of nitrogens with one attached hydrogen (secondary N) is 1. The number of anilines is 1. The summed E-state index contributed by atoms with van der Waals surface area (Å²) in [6.07, 6.45) is 1.11. The normalized spacial score (nSPS) is 18.1. The lowest BCUT2D eigenvalue weighted by Gasteiger charge is -2.09. The van der Waals surface area contributed by atoms with Gasteiger partial charge in [-0.25, -0.2) is 0 Å². The van der Waals surface area contributed by atoms with Gasteiger partial charge < -0.3 is 9.88 Å². The molecule has 4 rings (SSSR count). The summed E-state index contributed by atoms with van der Waals surface area (Å²) in [5.41, 5.74) is 4.47. The molecule has 0 radical (unpaired) electrons. The van der Waals surface area contributed by atoms with Gasteiger partial charge in [-0.15, -0.1) is 10.2 Å². The van der Waals surface area contributed by atoms with Gasteiger partial charge in [0.15, 0.2) is 5.16 Å². The number of carbonyl (C=O) groups excluding carboxylic acids is 1. The number of benzene rings is 2. The summed E-state index contributed by atoms with van der Waals surface area (Å²) in [6, 6.07) is 16.6. The largest absolute Gasteiger partial charge is 0.325 e. The summed E-state index contributed by atoms with van der Waals surface area (Å²) >= 11 is 1.42. The van der Waals surface area contributed by atoms with Gasteiger partial charge in [-0.2, -0.15) is 0 Å². The van der Waals surface area contributed by atoms with E-state index in [4.69, 9.17) is 0 Å². The van der Waals surface area contributed by atoms with Crippen LogP contribution in [0, 0.1) is 13.8 Å². The number of nitrogens with zero attached hydrogens (tertiary/aromatic N) is 3. The fourth-order valence-electron chi connectivity index (χ4n) is 3.59. The summed E-state index contributed by atoms with van der Waals surface area (Å²) in [7, 11) is 1.99. The highest BCUT2D eigenvalue weighted by Crippen LogP contribution is 2.54. The van der Waals surface area contributed by atoms with Crippen molar-refractivity contribution in [2.45, 2.75) is 37.3 Å². The van der Waals surface area contributed by atoms with Crippen molar-refractivity contribution in [3.8, 4) is 0 Å². The minimum absolute atomic E-state index is 0.0323. The molecule has 1 saturated carbocycles. The second-order valence-corrected chi connectivity index (χ2v) is 8.36. The van der Waals surface area contributed by atoms with Crippen LogP contribution in [0.1, 0.15) is 40.8 Å². The van der Waals surface area contributed by atoms with E-state index in [0.717, 1.165) is 28.7 Å². The maximum atomic E-state index is 12.3. The second kappa shape index (κ2) is 7.80. The Morgan fingerprint density at radius 2 is 1.93 bits per heavy atom. The van der Waals surface area contributed by atoms with E-state index in [1.165, 1.54) is 22.9 Å². The zero-order valence-electron chi connectivity index (χ0n) is 16.3. The van der Waals surface area contributed by atoms with Gasteiger partial charge in [-0.1, -0.05) is 59.8 Å². The molecule has 0 bridgehead atoms. The fourth-order valence-corrected chi connectivity index (χ4v) is 4.31. The zero-order valence-corrected chi connectivity index (χ0v) is 17.2. The predicted octanol–water partition coefficient (Wildman–Crippen LogP) is 4.43. The lowest BCUT2D eigenvalue weighted by Crippen LogP contribution is -2.15. The van der Waals surface area contributed by atoms with Crippen LogP contribution in [0.2, 0.25) is 0 Å². The number of aromatic nitrogens is 3. The number of thioether (sulfide) groups is 1. The molecule has 1 fully saturated rings. The van der Waals surface area contributed by atoms with E-state index in [1.807, 2.05) is 43.7 Å². The molecule has 2 aromatic carbocycles. The van der Waals surface area contributed by atoms with E-state index >= 15 is 0 Å². The maximum Gasteiger partial charge on any atom is 0.234 e. The van der Waals surface area contributed by atoms with Crippen LogP contribution < -0.4 is 5.32 Å². The van der Waals surface area contributed by atoms with Crippen LogP contribution in [0.15, 0.2) is 53.7 Å². The quantitative estimate of drug-likeness (QED) is 0.630. The monoisotopic (exact) mass is 392 g/mol. The van der Waals surface area contributed by atoms with Crippen molar-refractivity contribution >= 4 is 23.4 Å². The average Bonchev–Trinajstić information content (AvgIpc) is 3.39. The molecule has 0 saturated heterocycles. The van der Waals surface area contributed by atoms with Crippen LogP contribution in [0.4, 0.5) is 5.69 Å². The molecular formula is C22H24N4OS. The molecule has 0 aliphatic heterocycles. The smallest absolute Gasteiger partial charge is 0.234 e. The maximum absolute atomic E-state index is 12.3. The molecule has 1 N–H and O–H groups in total. The van der Waals surface area contributed by atoms with Crippen LogP contribution in [-0.2, 0) is 11.8 Å². The van der Waals surface area contributed by atoms with Gasteiger partial charge in [0, 0.05) is 18.7 Å². The summed E-state index contributed by atoms with van der Waals surface area (Å²) < 4.78 is 2.03. The predicted molar refractivity (Wildman–Crippen MR) is 113 cm³/mol. The van der Waals surface area contributed by atoms with Gasteiger partial charge in [0.25, 0.3) is 0 Å². The van der Waals surface area contributed by atoms with Gasteiger partial charge in [0.1, 0.15) is 5.82 Å². The molecule has 2 atom stereocenters. The van der Waals surface area contributed by atoms with Crippen LogP contribution in [0.25, 0.3) is 0 Å². The Morgan fingerprint density at radius 1 is 1.14 bits per heavy atom. The van der Waals surface area contributed by atoms with Gasteiger partial charge in [0.05, 0.1) is 5.75 Å². The molecule has 144 valence electrons. The molecule has 3 aromatic rings. The van der Waals surface area contributed by atoms with Gasteiger partial charge in [-0.05, 0) is 43.4 Å². The summed E-state index contributed by atoms with van der Waals surface area (Å²) in [5, 5.41) is 12.5. The molecule has 6 heteroatoms. The standard InChI is InChI=1S/C22H24N4OS/c1-14-9-10-19(15(2)11-14)23-20(27)13-28-22-25-24-21(26(22)3)18-12-17(18)16-7-5-4-6-8-16/h4-11,17-18H,12-13H2,1-3H3,(H,23,27). The van der Waals surface area contributed by atoms with Gasteiger partial charge in [-0.3, -0.25) is 4.79 Å². The van der Waals surface area contributed by atoms with E-state index in [9.17, 15) is 4.79 Å². The first kappa shape index (κ1) is 18.7. The van der Waals surface area contributed by atoms with Crippen molar-refractivity contribution < 1.29 is 4.79 Å². The first-order valence-corrected chi connectivity index (χ1v) is 10.5. The highest BCUT2D eigenvalue weighted by Gasteiger charge is 2.42. The van der Waals surface area contributed by atoms with Crippen LogP contribution in [-0.4, -0.2) is 26.4 Å². The first-order valence-electron chi connectivity index (χ1n) is 9.47. The third-order valence-electron chi connectivity index (χ3n) is 5.21. The fraction of sp³-hybridized carbons (Fsp3) is 0.318. The Labute approximate surface area is 169 Å². The molecule has 1 aromatic heterocycles. The van der Waals surface area contributed by atoms with E-state index in [0.29, 0.717) is 17.6 Å². The van der Waals surface area contributed by atoms with Crippen molar-refractivity contribution in [2.75, 3.05) is 11.1 Å². The molecule has 1 amide bonds. The van der Waals surface area contributed by atoms with Gasteiger partial charge >= 0.3 is 0 Å². The van der Waals surface area contributed by atoms with E-state index in [2.05, 4.69) is 45.8 Å². The third kappa shape index (κ3) is 3.97. The number of carbonyl (C=O) groups is 1. The molecular weight excluding hydrogens is 368 g/mol. The first-order chi connectivity index (χ1) is 13.5. The minimum Gasteiger partial charge on any atom is -0.325 e. The number of hydrogen-bond acceptors (Lipinski definition) is 4. The third-order valence-corrected chi connectivity index (χ3v) is 6.23. The highest BCUT2D eigenvalue weighted by molar-refractivity contribution is 7.99. The SMILES string of the molecule is Cc1ccc(NC(=O)CSc2nnc(C3CC3c3ccccc3)n2C)c(C)c1. The molecule has 2 unspecified atom stereocenters. The van der Waals surface area contributed by atoms with Crippen molar-refractivity contribution in [1.82, 2.24) is 14.8 Å². The Balaban J connectivity index is 1.35. The molecule has 1 aliphatic rings. The molecule has 1 aliphatic carbocycles. The lowest BCUT2D eigenvalue weighted by atomic mass is 10.1. The second-order valence-electron chi connectivity index (χ2n) is 7.41. The van der Waals surface area contributed by atoms with E-state index in [1.54, 1.807) is 0 Å². The average molecular weight is 393 g/mol.